The molecule has 2 aromatic heterocycles. The number of carbonyl (C=O) groups is 1. The molecule has 22 heavy (non-hydrogen) atoms. The first kappa shape index (κ1) is 14.8. The van der Waals surface area contributed by atoms with Crippen molar-refractivity contribution >= 4 is 39.8 Å². The number of aromatic nitrogens is 4. The third kappa shape index (κ3) is 2.76. The summed E-state index contributed by atoms with van der Waals surface area (Å²) in [6, 6.07) is 6.09. The van der Waals surface area contributed by atoms with Gasteiger partial charge in [-0.25, -0.2) is 4.98 Å². The van der Waals surface area contributed by atoms with Crippen molar-refractivity contribution in [1.82, 2.24) is 20.2 Å². The van der Waals surface area contributed by atoms with Crippen LogP contribution in [0.1, 0.15) is 19.4 Å². The quantitative estimate of drug-likeness (QED) is 0.589. The molecule has 0 bridgehead atoms. The fourth-order valence-corrected chi connectivity index (χ4v) is 2.90. The van der Waals surface area contributed by atoms with E-state index < -0.39 is 0 Å². The summed E-state index contributed by atoms with van der Waals surface area (Å²) in [5.41, 5.74) is 3.55. The number of fused-ring (bicyclic) bond motifs is 3. The molecule has 0 aliphatic rings. The number of benzene rings is 1. The van der Waals surface area contributed by atoms with Crippen molar-refractivity contribution < 1.29 is 9.53 Å². The lowest BCUT2D eigenvalue weighted by molar-refractivity contribution is -0.142. The van der Waals surface area contributed by atoms with Crippen molar-refractivity contribution in [2.45, 2.75) is 31.2 Å². The van der Waals surface area contributed by atoms with Crippen molar-refractivity contribution in [2.24, 2.45) is 0 Å². The molecule has 1 aromatic carbocycles. The average molecular weight is 316 g/mol. The lowest BCUT2D eigenvalue weighted by Crippen LogP contribution is -2.17. The zero-order valence-electron chi connectivity index (χ0n) is 12.6. The van der Waals surface area contributed by atoms with Crippen molar-refractivity contribution in [3.05, 3.63) is 23.8 Å². The van der Waals surface area contributed by atoms with E-state index in [0.29, 0.717) is 17.4 Å². The normalized spacial score (nSPS) is 12.7. The highest BCUT2D eigenvalue weighted by atomic mass is 32.2. The monoisotopic (exact) mass is 316 g/mol. The SMILES string of the molecule is CCOC(=O)[C@@H](C)Sc1nnc2c(n1)[nH]c1ccc(C)cc12. The first-order valence-corrected chi connectivity index (χ1v) is 7.92. The average Bonchev–Trinajstić information content (AvgIpc) is 2.84. The van der Waals surface area contributed by atoms with Gasteiger partial charge in [0.1, 0.15) is 10.8 Å². The first-order chi connectivity index (χ1) is 10.6. The summed E-state index contributed by atoms with van der Waals surface area (Å²) in [4.78, 5) is 19.3. The number of aromatic amines is 1. The lowest BCUT2D eigenvalue weighted by atomic mass is 10.2. The second-order valence-corrected chi connectivity index (χ2v) is 6.29. The number of rotatable bonds is 4. The van der Waals surface area contributed by atoms with E-state index in [-0.39, 0.29) is 11.2 Å². The van der Waals surface area contributed by atoms with Crippen LogP contribution in [0.2, 0.25) is 0 Å². The molecule has 0 aliphatic carbocycles. The Kier molecular flexibility index (Phi) is 3.98. The van der Waals surface area contributed by atoms with Gasteiger partial charge < -0.3 is 9.72 Å². The molecule has 0 unspecified atom stereocenters. The Balaban J connectivity index is 1.93. The maximum Gasteiger partial charge on any atom is 0.319 e. The summed E-state index contributed by atoms with van der Waals surface area (Å²) >= 11 is 1.24. The molecule has 1 atom stereocenters. The van der Waals surface area contributed by atoms with Crippen molar-refractivity contribution in [3.63, 3.8) is 0 Å². The van der Waals surface area contributed by atoms with Gasteiger partial charge in [-0.3, -0.25) is 4.79 Å². The molecule has 7 heteroatoms. The first-order valence-electron chi connectivity index (χ1n) is 7.04. The number of thioether (sulfide) groups is 1. The summed E-state index contributed by atoms with van der Waals surface area (Å²) in [7, 11) is 0. The number of hydrogen-bond donors (Lipinski definition) is 1. The van der Waals surface area contributed by atoms with Gasteiger partial charge >= 0.3 is 5.97 Å². The van der Waals surface area contributed by atoms with Crippen LogP contribution in [0.4, 0.5) is 0 Å². The van der Waals surface area contributed by atoms with Crippen LogP contribution in [0.3, 0.4) is 0 Å². The Morgan fingerprint density at radius 3 is 3.00 bits per heavy atom. The maximum absolute atomic E-state index is 11.7. The van der Waals surface area contributed by atoms with Crippen molar-refractivity contribution in [1.29, 1.82) is 0 Å². The number of nitrogens with zero attached hydrogens (tertiary/aromatic N) is 3. The van der Waals surface area contributed by atoms with E-state index in [4.69, 9.17) is 4.74 Å². The summed E-state index contributed by atoms with van der Waals surface area (Å²) in [5, 5.41) is 9.46. The van der Waals surface area contributed by atoms with Gasteiger partial charge in [0.05, 0.1) is 6.61 Å². The molecule has 0 saturated carbocycles. The number of aryl methyl sites for hydroxylation is 1. The van der Waals surface area contributed by atoms with E-state index >= 15 is 0 Å². The van der Waals surface area contributed by atoms with E-state index in [2.05, 4.69) is 26.2 Å². The molecule has 2 heterocycles. The Labute approximate surface area is 131 Å². The minimum atomic E-state index is -0.370. The highest BCUT2D eigenvalue weighted by molar-refractivity contribution is 8.00. The topological polar surface area (TPSA) is 80.8 Å². The molecule has 114 valence electrons. The van der Waals surface area contributed by atoms with Gasteiger partial charge in [-0.05, 0) is 32.9 Å². The zero-order chi connectivity index (χ0) is 15.7. The largest absolute Gasteiger partial charge is 0.465 e. The molecule has 3 aromatic rings. The molecular weight excluding hydrogens is 300 g/mol. The van der Waals surface area contributed by atoms with E-state index in [1.807, 2.05) is 19.1 Å². The number of esters is 1. The van der Waals surface area contributed by atoms with Gasteiger partial charge in [-0.1, -0.05) is 23.4 Å². The summed E-state index contributed by atoms with van der Waals surface area (Å²) in [5.74, 6) is -0.275. The molecule has 3 rings (SSSR count). The van der Waals surface area contributed by atoms with Gasteiger partial charge in [0.2, 0.25) is 5.16 Å². The van der Waals surface area contributed by atoms with Crippen LogP contribution >= 0.6 is 11.8 Å². The van der Waals surface area contributed by atoms with Crippen LogP contribution in [-0.4, -0.2) is 38.0 Å². The summed E-state index contributed by atoms with van der Waals surface area (Å²) in [6.07, 6.45) is 0. The molecule has 0 radical (unpaired) electrons. The van der Waals surface area contributed by atoms with E-state index in [0.717, 1.165) is 22.0 Å². The third-order valence-corrected chi connectivity index (χ3v) is 4.18. The number of ether oxygens (including phenoxy) is 1. The second kappa shape index (κ2) is 5.92. The minimum absolute atomic E-state index is 0.275. The van der Waals surface area contributed by atoms with Crippen molar-refractivity contribution in [3.8, 4) is 0 Å². The number of hydrogen-bond acceptors (Lipinski definition) is 6. The molecule has 6 nitrogen and oxygen atoms in total. The van der Waals surface area contributed by atoms with Gasteiger partial charge in [0, 0.05) is 10.9 Å². The zero-order valence-corrected chi connectivity index (χ0v) is 13.4. The predicted octanol–water partition coefficient (Wildman–Crippen LogP) is 2.86. The van der Waals surface area contributed by atoms with Crippen LogP contribution in [0.15, 0.2) is 23.4 Å². The van der Waals surface area contributed by atoms with Crippen LogP contribution in [0.5, 0.6) is 0 Å². The molecule has 0 aliphatic heterocycles. The predicted molar refractivity (Wildman–Crippen MR) is 85.9 cm³/mol. The van der Waals surface area contributed by atoms with Crippen molar-refractivity contribution in [2.75, 3.05) is 6.61 Å². The molecule has 0 fully saturated rings. The Hall–Kier alpha value is -2.15. The molecule has 0 spiro atoms. The Morgan fingerprint density at radius 1 is 1.41 bits per heavy atom. The Morgan fingerprint density at radius 2 is 2.23 bits per heavy atom. The minimum Gasteiger partial charge on any atom is -0.465 e. The van der Waals surface area contributed by atoms with E-state index in [1.165, 1.54) is 11.8 Å². The van der Waals surface area contributed by atoms with Gasteiger partial charge in [0.25, 0.3) is 0 Å². The second-order valence-electron chi connectivity index (χ2n) is 4.98. The van der Waals surface area contributed by atoms with Gasteiger partial charge in [-0.2, -0.15) is 0 Å². The van der Waals surface area contributed by atoms with Gasteiger partial charge in [0.15, 0.2) is 5.65 Å². The molecule has 0 saturated heterocycles. The standard InChI is InChI=1S/C15H16N4O2S/c1-4-21-14(20)9(3)22-15-17-13-12(18-19-15)10-7-8(2)5-6-11(10)16-13/h5-7,9H,4H2,1-3H3,(H,16,17,19)/t9-/m1/s1. The van der Waals surface area contributed by atoms with Crippen LogP contribution in [-0.2, 0) is 9.53 Å². The van der Waals surface area contributed by atoms with E-state index in [9.17, 15) is 4.79 Å². The lowest BCUT2D eigenvalue weighted by Gasteiger charge is -2.08. The smallest absolute Gasteiger partial charge is 0.319 e. The summed E-state index contributed by atoms with van der Waals surface area (Å²) < 4.78 is 4.98. The van der Waals surface area contributed by atoms with Crippen LogP contribution in [0.25, 0.3) is 22.1 Å². The maximum atomic E-state index is 11.7. The number of carbonyl (C=O) groups excluding carboxylic acids is 1. The number of nitrogens with one attached hydrogen (secondary N) is 1. The molecular formula is C15H16N4O2S. The Bertz CT molecular complexity index is 846. The van der Waals surface area contributed by atoms with Crippen LogP contribution in [0, 0.1) is 6.92 Å². The summed E-state index contributed by atoms with van der Waals surface area (Å²) in [6.45, 7) is 5.95. The fourth-order valence-electron chi connectivity index (χ4n) is 2.19. The van der Waals surface area contributed by atoms with Crippen LogP contribution < -0.4 is 0 Å². The van der Waals surface area contributed by atoms with Gasteiger partial charge in [-0.15, -0.1) is 10.2 Å². The molecule has 0 amide bonds. The fraction of sp³-hybridized carbons (Fsp3) is 0.333. The number of H-pyrrole nitrogens is 1. The van der Waals surface area contributed by atoms with E-state index in [1.54, 1.807) is 13.8 Å². The highest BCUT2D eigenvalue weighted by Gasteiger charge is 2.18. The molecule has 1 N–H and O–H groups in total. The highest BCUT2D eigenvalue weighted by Crippen LogP contribution is 2.26. The third-order valence-electron chi connectivity index (χ3n) is 3.25.